The van der Waals surface area contributed by atoms with Crippen LogP contribution in [0.15, 0.2) is 35.1 Å². The molecule has 0 radical (unpaired) electrons. The third-order valence-corrected chi connectivity index (χ3v) is 3.26. The molecule has 2 rings (SSSR count). The Labute approximate surface area is 118 Å². The lowest BCUT2D eigenvalue weighted by Gasteiger charge is -2.05. The van der Waals surface area contributed by atoms with Crippen LogP contribution in [-0.2, 0) is 6.42 Å². The number of nitrogens with one attached hydrogen (secondary N) is 2. The van der Waals surface area contributed by atoms with Gasteiger partial charge in [-0.15, -0.1) is 0 Å². The van der Waals surface area contributed by atoms with Crippen LogP contribution in [0.1, 0.15) is 22.6 Å². The summed E-state index contributed by atoms with van der Waals surface area (Å²) in [5.74, 6) is 0.179. The summed E-state index contributed by atoms with van der Waals surface area (Å²) in [4.78, 5) is 18.8. The molecule has 100 valence electrons. The number of nitrogens with zero attached hydrogens (tertiary/aromatic N) is 1. The molecule has 0 atom stereocenters. The molecule has 2 aromatic rings. The van der Waals surface area contributed by atoms with Crippen LogP contribution >= 0.6 is 15.9 Å². The number of aromatic nitrogens is 2. The van der Waals surface area contributed by atoms with Gasteiger partial charge in [0.2, 0.25) is 0 Å². The standard InChI is InChI=1S/C13H13BrFN3O/c14-10-4-3-9(8-11(10)15)13(19)18-5-1-2-12-16-6-7-17-12/h3-4,6-8H,1-2,5H2,(H,16,17)(H,18,19). The minimum absolute atomic E-state index is 0.272. The van der Waals surface area contributed by atoms with Crippen LogP contribution in [0.3, 0.4) is 0 Å². The summed E-state index contributed by atoms with van der Waals surface area (Å²) >= 11 is 3.05. The molecular formula is C13H13BrFN3O. The van der Waals surface area contributed by atoms with Gasteiger partial charge in [0.1, 0.15) is 11.6 Å². The molecule has 0 fully saturated rings. The number of benzene rings is 1. The highest BCUT2D eigenvalue weighted by Crippen LogP contribution is 2.16. The van der Waals surface area contributed by atoms with Gasteiger partial charge in [-0.25, -0.2) is 9.37 Å². The van der Waals surface area contributed by atoms with Gasteiger partial charge < -0.3 is 10.3 Å². The molecule has 0 unspecified atom stereocenters. The Morgan fingerprint density at radius 3 is 3.00 bits per heavy atom. The quantitative estimate of drug-likeness (QED) is 0.830. The second-order valence-corrected chi connectivity index (χ2v) is 4.88. The van der Waals surface area contributed by atoms with E-state index in [4.69, 9.17) is 0 Å². The molecule has 0 aliphatic rings. The molecule has 0 spiro atoms. The fraction of sp³-hybridized carbons (Fsp3) is 0.231. The predicted octanol–water partition coefficient (Wildman–Crippen LogP) is 2.67. The van der Waals surface area contributed by atoms with Gasteiger partial charge in [-0.1, -0.05) is 0 Å². The Kier molecular flexibility index (Phi) is 4.68. The molecule has 6 heteroatoms. The first kappa shape index (κ1) is 13.7. The number of amides is 1. The smallest absolute Gasteiger partial charge is 0.251 e. The molecule has 1 aromatic carbocycles. The first-order valence-electron chi connectivity index (χ1n) is 5.88. The Hall–Kier alpha value is -1.69. The number of aryl methyl sites for hydroxylation is 1. The maximum absolute atomic E-state index is 13.3. The molecule has 0 saturated heterocycles. The van der Waals surface area contributed by atoms with E-state index in [-0.39, 0.29) is 5.91 Å². The molecule has 4 nitrogen and oxygen atoms in total. The van der Waals surface area contributed by atoms with Crippen LogP contribution < -0.4 is 5.32 Å². The molecule has 0 saturated carbocycles. The Morgan fingerprint density at radius 2 is 2.32 bits per heavy atom. The van der Waals surface area contributed by atoms with Crippen molar-refractivity contribution in [2.24, 2.45) is 0 Å². The normalized spacial score (nSPS) is 10.4. The summed E-state index contributed by atoms with van der Waals surface area (Å²) in [6.07, 6.45) is 5.00. The van der Waals surface area contributed by atoms with Gasteiger partial charge in [-0.3, -0.25) is 4.79 Å². The number of imidazole rings is 1. The zero-order valence-electron chi connectivity index (χ0n) is 10.1. The molecule has 1 heterocycles. The minimum Gasteiger partial charge on any atom is -0.352 e. The first-order chi connectivity index (χ1) is 9.16. The largest absolute Gasteiger partial charge is 0.352 e. The van der Waals surface area contributed by atoms with Gasteiger partial charge in [-0.2, -0.15) is 0 Å². The third-order valence-electron chi connectivity index (χ3n) is 2.61. The highest BCUT2D eigenvalue weighted by atomic mass is 79.9. The molecule has 1 amide bonds. The summed E-state index contributed by atoms with van der Waals surface area (Å²) in [5.41, 5.74) is 0.318. The van der Waals surface area contributed by atoms with Crippen LogP contribution in [0, 0.1) is 5.82 Å². The zero-order chi connectivity index (χ0) is 13.7. The van der Waals surface area contributed by atoms with Crippen molar-refractivity contribution in [2.45, 2.75) is 12.8 Å². The number of carbonyl (C=O) groups excluding carboxylic acids is 1. The number of aromatic amines is 1. The van der Waals surface area contributed by atoms with Crippen LogP contribution in [-0.4, -0.2) is 22.4 Å². The van der Waals surface area contributed by atoms with Crippen LogP contribution in [0.4, 0.5) is 4.39 Å². The van der Waals surface area contributed by atoms with E-state index >= 15 is 0 Å². The summed E-state index contributed by atoms with van der Waals surface area (Å²) in [6.45, 7) is 0.525. The number of H-pyrrole nitrogens is 1. The lowest BCUT2D eigenvalue weighted by molar-refractivity contribution is 0.0952. The zero-order valence-corrected chi connectivity index (χ0v) is 11.7. The SMILES string of the molecule is O=C(NCCCc1ncc[nH]1)c1ccc(Br)c(F)c1. The highest BCUT2D eigenvalue weighted by Gasteiger charge is 2.08. The van der Waals surface area contributed by atoms with Crippen molar-refractivity contribution < 1.29 is 9.18 Å². The van der Waals surface area contributed by atoms with Crippen LogP contribution in [0.5, 0.6) is 0 Å². The lowest BCUT2D eigenvalue weighted by Crippen LogP contribution is -2.24. The molecule has 19 heavy (non-hydrogen) atoms. The number of halogens is 2. The van der Waals surface area contributed by atoms with E-state index in [1.807, 2.05) is 0 Å². The van der Waals surface area contributed by atoms with E-state index in [1.54, 1.807) is 18.5 Å². The van der Waals surface area contributed by atoms with Crippen molar-refractivity contribution in [3.8, 4) is 0 Å². The van der Waals surface area contributed by atoms with Gasteiger partial charge in [-0.05, 0) is 40.5 Å². The highest BCUT2D eigenvalue weighted by molar-refractivity contribution is 9.10. The average Bonchev–Trinajstić information content (AvgIpc) is 2.91. The van der Waals surface area contributed by atoms with Crippen molar-refractivity contribution in [2.75, 3.05) is 6.54 Å². The van der Waals surface area contributed by atoms with Crippen LogP contribution in [0.2, 0.25) is 0 Å². The summed E-state index contributed by atoms with van der Waals surface area (Å²) in [7, 11) is 0. The van der Waals surface area contributed by atoms with Crippen LogP contribution in [0.25, 0.3) is 0 Å². The number of carbonyl (C=O) groups is 1. The molecule has 0 aliphatic heterocycles. The minimum atomic E-state index is -0.441. The van der Waals surface area contributed by atoms with Crippen molar-refractivity contribution in [3.63, 3.8) is 0 Å². The lowest BCUT2D eigenvalue weighted by atomic mass is 10.2. The summed E-state index contributed by atoms with van der Waals surface area (Å²) in [6, 6.07) is 4.31. The fourth-order valence-corrected chi connectivity index (χ4v) is 1.88. The number of hydrogen-bond acceptors (Lipinski definition) is 2. The molecule has 0 bridgehead atoms. The van der Waals surface area contributed by atoms with Gasteiger partial charge in [0.05, 0.1) is 4.47 Å². The Morgan fingerprint density at radius 1 is 1.47 bits per heavy atom. The monoisotopic (exact) mass is 325 g/mol. The Bertz CT molecular complexity index is 557. The molecule has 1 aromatic heterocycles. The van der Waals surface area contributed by atoms with Crippen molar-refractivity contribution in [1.29, 1.82) is 0 Å². The van der Waals surface area contributed by atoms with Gasteiger partial charge in [0, 0.05) is 30.9 Å². The number of hydrogen-bond donors (Lipinski definition) is 2. The maximum Gasteiger partial charge on any atom is 0.251 e. The van der Waals surface area contributed by atoms with E-state index in [1.165, 1.54) is 12.1 Å². The molecular weight excluding hydrogens is 313 g/mol. The van der Waals surface area contributed by atoms with E-state index < -0.39 is 5.82 Å². The van der Waals surface area contributed by atoms with Crippen molar-refractivity contribution in [3.05, 3.63) is 52.3 Å². The van der Waals surface area contributed by atoms with E-state index in [0.717, 1.165) is 18.7 Å². The average molecular weight is 326 g/mol. The van der Waals surface area contributed by atoms with Crippen molar-refractivity contribution >= 4 is 21.8 Å². The summed E-state index contributed by atoms with van der Waals surface area (Å²) in [5, 5.41) is 2.75. The van der Waals surface area contributed by atoms with Gasteiger partial charge in [0.15, 0.2) is 0 Å². The maximum atomic E-state index is 13.3. The molecule has 2 N–H and O–H groups in total. The van der Waals surface area contributed by atoms with Gasteiger partial charge in [0.25, 0.3) is 5.91 Å². The fourth-order valence-electron chi connectivity index (χ4n) is 1.63. The van der Waals surface area contributed by atoms with E-state index in [0.29, 0.717) is 16.6 Å². The van der Waals surface area contributed by atoms with E-state index in [2.05, 4.69) is 31.2 Å². The second kappa shape index (κ2) is 6.47. The third kappa shape index (κ3) is 3.89. The van der Waals surface area contributed by atoms with Crippen molar-refractivity contribution in [1.82, 2.24) is 15.3 Å². The first-order valence-corrected chi connectivity index (χ1v) is 6.67. The Balaban J connectivity index is 1.79. The number of rotatable bonds is 5. The predicted molar refractivity (Wildman–Crippen MR) is 73.3 cm³/mol. The van der Waals surface area contributed by atoms with E-state index in [9.17, 15) is 9.18 Å². The molecule has 0 aliphatic carbocycles. The second-order valence-electron chi connectivity index (χ2n) is 4.02. The summed E-state index contributed by atoms with van der Waals surface area (Å²) < 4.78 is 13.6. The van der Waals surface area contributed by atoms with Gasteiger partial charge >= 0.3 is 0 Å². The topological polar surface area (TPSA) is 57.8 Å².